The quantitative estimate of drug-likeness (QED) is 0.760. The summed E-state index contributed by atoms with van der Waals surface area (Å²) >= 11 is 0. The molecule has 158 valence electrons. The zero-order valence-corrected chi connectivity index (χ0v) is 16.9. The molecule has 1 amide bonds. The lowest BCUT2D eigenvalue weighted by Crippen LogP contribution is -2.25. The zero-order valence-electron chi connectivity index (χ0n) is 16.9. The van der Waals surface area contributed by atoms with E-state index in [4.69, 9.17) is 4.74 Å². The van der Waals surface area contributed by atoms with Crippen molar-refractivity contribution in [3.63, 3.8) is 0 Å². The molecule has 0 saturated heterocycles. The summed E-state index contributed by atoms with van der Waals surface area (Å²) in [5, 5.41) is 2.68. The molecule has 30 heavy (non-hydrogen) atoms. The van der Waals surface area contributed by atoms with Crippen LogP contribution in [-0.4, -0.2) is 27.4 Å². The lowest BCUT2D eigenvalue weighted by Gasteiger charge is -2.27. The summed E-state index contributed by atoms with van der Waals surface area (Å²) in [6.07, 6.45) is 3.65. The fraction of sp³-hybridized carbons (Fsp3) is 0.455. The number of nitrogens with one attached hydrogen (secondary N) is 1. The molecule has 8 heteroatoms. The van der Waals surface area contributed by atoms with Crippen molar-refractivity contribution < 1.29 is 23.1 Å². The zero-order chi connectivity index (χ0) is 21.5. The van der Waals surface area contributed by atoms with Gasteiger partial charge in [0.1, 0.15) is 35.0 Å². The van der Waals surface area contributed by atoms with Crippen LogP contribution in [0.25, 0.3) is 11.3 Å². The molecule has 2 aliphatic carbocycles. The predicted octanol–water partition coefficient (Wildman–Crippen LogP) is 5.00. The van der Waals surface area contributed by atoms with Crippen LogP contribution in [0.2, 0.25) is 0 Å². The van der Waals surface area contributed by atoms with Gasteiger partial charge in [-0.2, -0.15) is 0 Å². The van der Waals surface area contributed by atoms with E-state index in [1.165, 1.54) is 6.33 Å². The molecule has 0 bridgehead atoms. The van der Waals surface area contributed by atoms with Gasteiger partial charge >= 0.3 is 6.09 Å². The number of rotatable bonds is 4. The summed E-state index contributed by atoms with van der Waals surface area (Å²) in [4.78, 5) is 33.0. The maximum Gasteiger partial charge on any atom is 0.412 e. The number of anilines is 1. The van der Waals surface area contributed by atoms with Crippen LogP contribution in [0.4, 0.5) is 19.3 Å². The van der Waals surface area contributed by atoms with Crippen molar-refractivity contribution >= 4 is 17.6 Å². The van der Waals surface area contributed by atoms with Crippen molar-refractivity contribution in [1.82, 2.24) is 9.97 Å². The summed E-state index contributed by atoms with van der Waals surface area (Å²) in [7, 11) is 0. The Morgan fingerprint density at radius 2 is 2.03 bits per heavy atom. The highest BCUT2D eigenvalue weighted by molar-refractivity contribution is 5.92. The summed E-state index contributed by atoms with van der Waals surface area (Å²) in [6.45, 7) is 3.69. The average molecular weight is 415 g/mol. The third kappa shape index (κ3) is 4.17. The Kier molecular flexibility index (Phi) is 5.26. The monoisotopic (exact) mass is 415 g/mol. The van der Waals surface area contributed by atoms with Crippen molar-refractivity contribution in [2.24, 2.45) is 5.92 Å². The highest BCUT2D eigenvalue weighted by Gasteiger charge is 2.42. The Morgan fingerprint density at radius 1 is 1.27 bits per heavy atom. The first kappa shape index (κ1) is 20.4. The second kappa shape index (κ2) is 7.74. The van der Waals surface area contributed by atoms with E-state index >= 15 is 0 Å². The molecular weight excluding hydrogens is 392 g/mol. The van der Waals surface area contributed by atoms with E-state index < -0.39 is 23.3 Å². The lowest BCUT2D eigenvalue weighted by atomic mass is 9.79. The van der Waals surface area contributed by atoms with E-state index in [9.17, 15) is 18.4 Å². The van der Waals surface area contributed by atoms with Crippen molar-refractivity contribution in [2.75, 3.05) is 5.32 Å². The van der Waals surface area contributed by atoms with Gasteiger partial charge < -0.3 is 4.74 Å². The van der Waals surface area contributed by atoms with Crippen LogP contribution in [0.15, 0.2) is 24.5 Å². The first-order valence-corrected chi connectivity index (χ1v) is 10.1. The van der Waals surface area contributed by atoms with Gasteiger partial charge in [-0.3, -0.25) is 10.1 Å². The van der Waals surface area contributed by atoms with Crippen LogP contribution in [0.1, 0.15) is 57.6 Å². The van der Waals surface area contributed by atoms with Crippen molar-refractivity contribution in [2.45, 2.75) is 57.5 Å². The van der Waals surface area contributed by atoms with Crippen molar-refractivity contribution in [3.8, 4) is 11.3 Å². The number of hydrogen-bond acceptors (Lipinski definition) is 5. The number of Topliss-reactive ketones (excluding diaryl/α,β-unsaturated/α-hetero) is 1. The Hall–Kier alpha value is -2.90. The van der Waals surface area contributed by atoms with Crippen LogP contribution >= 0.6 is 0 Å². The first-order chi connectivity index (χ1) is 14.3. The van der Waals surface area contributed by atoms with Crippen LogP contribution in [0.3, 0.4) is 0 Å². The number of amides is 1. The third-order valence-corrected chi connectivity index (χ3v) is 5.89. The second-order valence-corrected chi connectivity index (χ2v) is 8.41. The van der Waals surface area contributed by atoms with Gasteiger partial charge in [-0.15, -0.1) is 0 Å². The van der Waals surface area contributed by atoms with E-state index in [0.29, 0.717) is 25.0 Å². The minimum absolute atomic E-state index is 0.0773. The van der Waals surface area contributed by atoms with Crippen LogP contribution < -0.4 is 5.32 Å². The molecule has 1 aromatic heterocycles. The second-order valence-electron chi connectivity index (χ2n) is 8.41. The molecule has 0 aliphatic heterocycles. The average Bonchev–Trinajstić information content (AvgIpc) is 3.42. The van der Waals surface area contributed by atoms with E-state index in [1.54, 1.807) is 0 Å². The van der Waals surface area contributed by atoms with Crippen LogP contribution in [0, 0.1) is 17.6 Å². The largest absolute Gasteiger partial charge is 0.443 e. The number of ketones is 1. The Bertz CT molecular complexity index is 1010. The summed E-state index contributed by atoms with van der Waals surface area (Å²) in [5.74, 6) is -1.37. The van der Waals surface area contributed by atoms with Crippen molar-refractivity contribution in [1.29, 1.82) is 0 Å². The molecule has 4 rings (SSSR count). The van der Waals surface area contributed by atoms with Crippen molar-refractivity contribution in [3.05, 3.63) is 41.9 Å². The molecule has 1 aromatic carbocycles. The first-order valence-electron chi connectivity index (χ1n) is 10.1. The molecule has 2 aromatic rings. The number of nitrogens with zero attached hydrogens (tertiary/aromatic N) is 2. The molecule has 2 fully saturated rings. The number of ether oxygens (including phenoxy) is 1. The van der Waals surface area contributed by atoms with Gasteiger partial charge in [-0.1, -0.05) is 6.92 Å². The summed E-state index contributed by atoms with van der Waals surface area (Å²) in [6, 6.07) is 3.07. The number of benzene rings is 1. The fourth-order valence-corrected chi connectivity index (χ4v) is 3.83. The van der Waals surface area contributed by atoms with Gasteiger partial charge in [0, 0.05) is 23.8 Å². The molecule has 2 unspecified atom stereocenters. The van der Waals surface area contributed by atoms with E-state index in [2.05, 4.69) is 15.3 Å². The summed E-state index contributed by atoms with van der Waals surface area (Å²) in [5.41, 5.74) is 0.199. The molecule has 2 aliphatic rings. The highest BCUT2D eigenvalue weighted by Crippen LogP contribution is 2.42. The number of carbonyl (C=O) groups is 2. The molecule has 1 heterocycles. The Balaban J connectivity index is 1.76. The molecular formula is C22H23F2N3O3. The number of carbonyl (C=O) groups excluding carboxylic acids is 2. The normalized spacial score (nSPS) is 22.5. The number of hydrogen-bond donors (Lipinski definition) is 1. The fourth-order valence-electron chi connectivity index (χ4n) is 3.83. The lowest BCUT2D eigenvalue weighted by molar-refractivity contribution is -0.124. The van der Waals surface area contributed by atoms with Gasteiger partial charge in [0.05, 0.1) is 11.4 Å². The van der Waals surface area contributed by atoms with E-state index in [0.717, 1.165) is 31.0 Å². The maximum atomic E-state index is 14.5. The molecule has 6 nitrogen and oxygen atoms in total. The van der Waals surface area contributed by atoms with Gasteiger partial charge in [0.2, 0.25) is 0 Å². The van der Waals surface area contributed by atoms with Gasteiger partial charge in [0.25, 0.3) is 0 Å². The van der Waals surface area contributed by atoms with Gasteiger partial charge in [-0.25, -0.2) is 23.5 Å². The van der Waals surface area contributed by atoms with E-state index in [1.807, 2.05) is 13.8 Å². The maximum absolute atomic E-state index is 14.5. The number of halogens is 2. The molecule has 2 saturated carbocycles. The topological polar surface area (TPSA) is 81.2 Å². The standard InChI is InChI=1S/C22H23F2N3O3/c1-12-9-13(3-6-17(12)28)18-20(27-21(29)30-22(2)7-8-22)19(26-11-25-18)15-10-14(23)4-5-16(15)24/h4-5,10-13H,3,6-9H2,1-2H3,(H,27,29). The van der Waals surface area contributed by atoms with Crippen LogP contribution in [0.5, 0.6) is 0 Å². The minimum Gasteiger partial charge on any atom is -0.443 e. The highest BCUT2D eigenvalue weighted by atomic mass is 19.1. The van der Waals surface area contributed by atoms with Gasteiger partial charge in [0.15, 0.2) is 0 Å². The van der Waals surface area contributed by atoms with E-state index in [-0.39, 0.29) is 34.6 Å². The Morgan fingerprint density at radius 3 is 2.73 bits per heavy atom. The summed E-state index contributed by atoms with van der Waals surface area (Å²) < 4.78 is 33.8. The van der Waals surface area contributed by atoms with Crippen LogP contribution in [-0.2, 0) is 9.53 Å². The molecule has 2 atom stereocenters. The smallest absolute Gasteiger partial charge is 0.412 e. The SMILES string of the molecule is CC1CC(c2ncnc(-c3cc(F)ccc3F)c2NC(=O)OC2(C)CC2)CCC1=O. The minimum atomic E-state index is -0.691. The predicted molar refractivity (Wildman–Crippen MR) is 106 cm³/mol. The molecule has 0 radical (unpaired) electrons. The van der Waals surface area contributed by atoms with Gasteiger partial charge in [-0.05, 0) is 50.8 Å². The Labute approximate surface area is 173 Å². The number of aromatic nitrogens is 2. The molecule has 0 spiro atoms. The third-order valence-electron chi connectivity index (χ3n) is 5.89. The molecule has 1 N–H and O–H groups in total.